The average Bonchev–Trinajstić information content (AvgIpc) is 2.61. The van der Waals surface area contributed by atoms with Crippen molar-refractivity contribution in [1.29, 1.82) is 0 Å². The maximum absolute atomic E-state index is 12.8. The van der Waals surface area contributed by atoms with E-state index >= 15 is 0 Å². The molecular weight excluding hydrogens is 307 g/mol. The van der Waals surface area contributed by atoms with Crippen molar-refractivity contribution in [3.8, 4) is 0 Å². The predicted molar refractivity (Wildman–Crippen MR) is 89.3 cm³/mol. The molecule has 0 N–H and O–H groups in total. The predicted octanol–water partition coefficient (Wildman–Crippen LogP) is 3.95. The molecule has 0 saturated carbocycles. The third-order valence-electron chi connectivity index (χ3n) is 3.75. The van der Waals surface area contributed by atoms with Gasteiger partial charge in [0.1, 0.15) is 5.82 Å². The Morgan fingerprint density at radius 1 is 0.875 bits per heavy atom. The normalized spacial score (nSPS) is 10.5. The molecule has 24 heavy (non-hydrogen) atoms. The molecule has 0 bridgehead atoms. The van der Waals surface area contributed by atoms with Crippen LogP contribution in [0.5, 0.6) is 0 Å². The van der Waals surface area contributed by atoms with Crippen molar-refractivity contribution in [1.82, 2.24) is 0 Å². The molecule has 0 aliphatic carbocycles. The highest BCUT2D eigenvalue weighted by Gasteiger charge is 2.12. The number of Topliss-reactive ketones (excluding diaryl/α,β-unsaturated/α-hetero) is 1. The summed E-state index contributed by atoms with van der Waals surface area (Å²) in [6.07, 6.45) is 0.0953. The number of carbonyl (C=O) groups excluding carboxylic acids is 2. The van der Waals surface area contributed by atoms with Gasteiger partial charge < -0.3 is 4.74 Å². The molecular formula is C20H15FO3. The van der Waals surface area contributed by atoms with Crippen molar-refractivity contribution < 1.29 is 18.7 Å². The standard InChI is InChI=1S/C20H15FO3/c21-17-10-8-15(9-11-17)19(22)13-24-20(23)12-16-6-3-5-14-4-1-2-7-18(14)16/h1-11H,12-13H2. The second-order valence-electron chi connectivity index (χ2n) is 5.41. The fourth-order valence-electron chi connectivity index (χ4n) is 2.52. The molecule has 0 unspecified atom stereocenters. The number of rotatable bonds is 5. The summed E-state index contributed by atoms with van der Waals surface area (Å²) in [6.45, 7) is -0.352. The maximum Gasteiger partial charge on any atom is 0.310 e. The minimum atomic E-state index is -0.471. The van der Waals surface area contributed by atoms with Crippen molar-refractivity contribution >= 4 is 22.5 Å². The Morgan fingerprint density at radius 3 is 2.38 bits per heavy atom. The van der Waals surface area contributed by atoms with E-state index in [-0.39, 0.29) is 18.8 Å². The zero-order valence-corrected chi connectivity index (χ0v) is 12.9. The van der Waals surface area contributed by atoms with Gasteiger partial charge in [0, 0.05) is 5.56 Å². The van der Waals surface area contributed by atoms with Crippen molar-refractivity contribution in [2.45, 2.75) is 6.42 Å². The molecule has 0 aliphatic heterocycles. The first-order valence-corrected chi connectivity index (χ1v) is 7.54. The number of ether oxygens (including phenoxy) is 1. The van der Waals surface area contributed by atoms with Crippen LogP contribution in [-0.2, 0) is 16.0 Å². The van der Waals surface area contributed by atoms with Gasteiger partial charge in [-0.05, 0) is 40.6 Å². The number of hydrogen-bond donors (Lipinski definition) is 0. The molecule has 120 valence electrons. The van der Waals surface area contributed by atoms with Gasteiger partial charge in [-0.3, -0.25) is 9.59 Å². The van der Waals surface area contributed by atoms with Gasteiger partial charge in [-0.15, -0.1) is 0 Å². The highest BCUT2D eigenvalue weighted by Crippen LogP contribution is 2.19. The van der Waals surface area contributed by atoms with Gasteiger partial charge >= 0.3 is 5.97 Å². The topological polar surface area (TPSA) is 43.4 Å². The third kappa shape index (κ3) is 3.66. The van der Waals surface area contributed by atoms with Crippen LogP contribution in [0.1, 0.15) is 15.9 Å². The summed E-state index contributed by atoms with van der Waals surface area (Å²) in [7, 11) is 0. The van der Waals surface area contributed by atoms with E-state index in [0.29, 0.717) is 5.56 Å². The summed E-state index contributed by atoms with van der Waals surface area (Å²) in [4.78, 5) is 23.9. The minimum absolute atomic E-state index is 0.0953. The largest absolute Gasteiger partial charge is 0.457 e. The summed E-state index contributed by atoms with van der Waals surface area (Å²) in [6, 6.07) is 18.6. The molecule has 0 aromatic heterocycles. The summed E-state index contributed by atoms with van der Waals surface area (Å²) < 4.78 is 17.9. The van der Waals surface area contributed by atoms with Gasteiger partial charge in [0.25, 0.3) is 0 Å². The first-order chi connectivity index (χ1) is 11.6. The summed E-state index contributed by atoms with van der Waals surface area (Å²) in [5.41, 5.74) is 1.17. The number of ketones is 1. The van der Waals surface area contributed by atoms with E-state index in [1.165, 1.54) is 24.3 Å². The molecule has 3 nitrogen and oxygen atoms in total. The lowest BCUT2D eigenvalue weighted by Gasteiger charge is -2.07. The Labute approximate surface area is 138 Å². The SMILES string of the molecule is O=C(Cc1cccc2ccccc12)OCC(=O)c1ccc(F)cc1. The molecule has 0 amide bonds. The van der Waals surface area contributed by atoms with Crippen LogP contribution in [-0.4, -0.2) is 18.4 Å². The Morgan fingerprint density at radius 2 is 1.58 bits per heavy atom. The van der Waals surface area contributed by atoms with Crippen molar-refractivity contribution in [2.75, 3.05) is 6.61 Å². The van der Waals surface area contributed by atoms with Crippen molar-refractivity contribution in [3.05, 3.63) is 83.7 Å². The van der Waals surface area contributed by atoms with Gasteiger partial charge in [-0.25, -0.2) is 4.39 Å². The number of benzene rings is 3. The van der Waals surface area contributed by atoms with E-state index < -0.39 is 11.8 Å². The number of hydrogen-bond acceptors (Lipinski definition) is 3. The van der Waals surface area contributed by atoms with Gasteiger partial charge in [-0.1, -0.05) is 42.5 Å². The van der Waals surface area contributed by atoms with Crippen LogP contribution in [0.15, 0.2) is 66.7 Å². The summed E-state index contributed by atoms with van der Waals surface area (Å²) >= 11 is 0. The molecule has 0 radical (unpaired) electrons. The Hall–Kier alpha value is -3.01. The number of fused-ring (bicyclic) bond motifs is 1. The molecule has 0 heterocycles. The van der Waals surface area contributed by atoms with Crippen LogP contribution in [0.4, 0.5) is 4.39 Å². The molecule has 3 aromatic rings. The smallest absolute Gasteiger partial charge is 0.310 e. The number of esters is 1. The van der Waals surface area contributed by atoms with Gasteiger partial charge in [0.2, 0.25) is 0 Å². The van der Waals surface area contributed by atoms with Crippen molar-refractivity contribution in [3.63, 3.8) is 0 Å². The fourth-order valence-corrected chi connectivity index (χ4v) is 2.52. The fraction of sp³-hybridized carbons (Fsp3) is 0.100. The van der Waals surface area contributed by atoms with Crippen LogP contribution in [0.2, 0.25) is 0 Å². The van der Waals surface area contributed by atoms with Gasteiger partial charge in [-0.2, -0.15) is 0 Å². The van der Waals surface area contributed by atoms with E-state index in [9.17, 15) is 14.0 Å². The Balaban J connectivity index is 1.63. The third-order valence-corrected chi connectivity index (χ3v) is 3.75. The molecule has 4 heteroatoms. The van der Waals surface area contributed by atoms with Crippen LogP contribution >= 0.6 is 0 Å². The molecule has 3 aromatic carbocycles. The Bertz CT molecular complexity index is 880. The molecule has 3 rings (SSSR count). The number of carbonyl (C=O) groups is 2. The lowest BCUT2D eigenvalue weighted by molar-refractivity contribution is -0.141. The highest BCUT2D eigenvalue weighted by atomic mass is 19.1. The van der Waals surface area contributed by atoms with Crippen LogP contribution in [0.25, 0.3) is 10.8 Å². The van der Waals surface area contributed by atoms with Crippen molar-refractivity contribution in [2.24, 2.45) is 0 Å². The van der Waals surface area contributed by atoms with E-state index in [1.807, 2.05) is 42.5 Å². The molecule has 0 aliphatic rings. The monoisotopic (exact) mass is 322 g/mol. The zero-order valence-electron chi connectivity index (χ0n) is 12.9. The average molecular weight is 322 g/mol. The highest BCUT2D eigenvalue weighted by molar-refractivity contribution is 5.98. The quantitative estimate of drug-likeness (QED) is 0.528. The number of halogens is 1. The lowest BCUT2D eigenvalue weighted by atomic mass is 10.0. The van der Waals surface area contributed by atoms with E-state index in [2.05, 4.69) is 0 Å². The first-order valence-electron chi connectivity index (χ1n) is 7.54. The van der Waals surface area contributed by atoms with Crippen LogP contribution in [0, 0.1) is 5.82 Å². The first kappa shape index (κ1) is 15.9. The minimum Gasteiger partial charge on any atom is -0.457 e. The zero-order chi connectivity index (χ0) is 16.9. The van der Waals surface area contributed by atoms with E-state index in [0.717, 1.165) is 16.3 Å². The van der Waals surface area contributed by atoms with Crippen LogP contribution in [0.3, 0.4) is 0 Å². The lowest BCUT2D eigenvalue weighted by Crippen LogP contribution is -2.15. The van der Waals surface area contributed by atoms with Gasteiger partial charge in [0.05, 0.1) is 6.42 Å². The molecule has 0 fully saturated rings. The van der Waals surface area contributed by atoms with Gasteiger partial charge in [0.15, 0.2) is 12.4 Å². The maximum atomic E-state index is 12.8. The second-order valence-corrected chi connectivity index (χ2v) is 5.41. The molecule has 0 spiro atoms. The summed E-state index contributed by atoms with van der Waals surface area (Å²) in [5.74, 6) is -1.25. The Kier molecular flexibility index (Phi) is 4.66. The van der Waals surface area contributed by atoms with Crippen LogP contribution < -0.4 is 0 Å². The summed E-state index contributed by atoms with van der Waals surface area (Å²) in [5, 5.41) is 2.03. The molecule has 0 atom stereocenters. The molecule has 0 saturated heterocycles. The van der Waals surface area contributed by atoms with E-state index in [1.54, 1.807) is 0 Å². The second kappa shape index (κ2) is 7.04. The van der Waals surface area contributed by atoms with E-state index in [4.69, 9.17) is 4.74 Å².